The van der Waals surface area contributed by atoms with E-state index in [4.69, 9.17) is 15.3 Å². The highest BCUT2D eigenvalue weighted by molar-refractivity contribution is 5.90. The van der Waals surface area contributed by atoms with Crippen molar-refractivity contribution in [2.45, 2.75) is 6.04 Å². The summed E-state index contributed by atoms with van der Waals surface area (Å²) in [4.78, 5) is 10.6. The highest BCUT2D eigenvalue weighted by atomic mass is 16.4. The first-order valence-corrected chi connectivity index (χ1v) is 7.48. The van der Waals surface area contributed by atoms with E-state index in [-0.39, 0.29) is 6.04 Å². The van der Waals surface area contributed by atoms with Crippen LogP contribution < -0.4 is 10.2 Å². The Hall–Kier alpha value is -3.29. The molecule has 0 radical (unpaired) electrons. The molecule has 0 aliphatic carbocycles. The number of terminal acetylenes is 1. The number of fused-ring (bicyclic) bond motifs is 1. The molecule has 1 aliphatic heterocycles. The van der Waals surface area contributed by atoms with Crippen LogP contribution in [0.3, 0.4) is 0 Å². The number of oxazole rings is 2. The summed E-state index contributed by atoms with van der Waals surface area (Å²) in [5.74, 6) is 3.12. The Morgan fingerprint density at radius 3 is 3.08 bits per heavy atom. The van der Waals surface area contributed by atoms with Gasteiger partial charge in [0.25, 0.3) is 6.01 Å². The summed E-state index contributed by atoms with van der Waals surface area (Å²) in [5.41, 5.74) is 2.16. The number of nitriles is 1. The summed E-state index contributed by atoms with van der Waals surface area (Å²) in [6.45, 7) is 2.17. The molecule has 0 amide bonds. The molecule has 0 spiro atoms. The Labute approximate surface area is 137 Å². The molecule has 7 nitrogen and oxygen atoms in total. The number of piperazine rings is 1. The Morgan fingerprint density at radius 2 is 2.33 bits per heavy atom. The third kappa shape index (κ3) is 2.28. The fourth-order valence-corrected chi connectivity index (χ4v) is 2.81. The molecular weight excluding hydrogens is 306 g/mol. The fraction of sp³-hybridized carbons (Fsp3) is 0.235. The molecule has 7 heteroatoms. The zero-order valence-electron chi connectivity index (χ0n) is 12.7. The second-order valence-corrected chi connectivity index (χ2v) is 5.40. The minimum absolute atomic E-state index is 0.132. The lowest BCUT2D eigenvalue weighted by Crippen LogP contribution is -2.50. The minimum Gasteiger partial charge on any atom is -0.444 e. The van der Waals surface area contributed by atoms with Crippen LogP contribution in [0.1, 0.15) is 5.56 Å². The van der Waals surface area contributed by atoms with Crippen LogP contribution in [0.4, 0.5) is 6.01 Å². The smallest absolute Gasteiger partial charge is 0.299 e. The summed E-state index contributed by atoms with van der Waals surface area (Å²) in [6.07, 6.45) is 8.63. The summed E-state index contributed by atoms with van der Waals surface area (Å²) in [7, 11) is 0. The standard InChI is InChI=1S/C17H13N5O2/c1-2-12-10-19-3-5-22(12)17-21-14-8-11(9-18)7-13(15(14)24-17)16-20-4-6-23-16/h1,4,6-8,12,19H,3,5,10H2/t12-/m0/s1. The molecule has 1 saturated heterocycles. The van der Waals surface area contributed by atoms with Crippen LogP contribution in [0, 0.1) is 23.7 Å². The molecular formula is C17H13N5O2. The Morgan fingerprint density at radius 1 is 1.42 bits per heavy atom. The van der Waals surface area contributed by atoms with Gasteiger partial charge in [0, 0.05) is 19.6 Å². The molecule has 24 heavy (non-hydrogen) atoms. The maximum absolute atomic E-state index is 9.25. The quantitative estimate of drug-likeness (QED) is 0.720. The lowest BCUT2D eigenvalue weighted by molar-refractivity contribution is 0.483. The van der Waals surface area contributed by atoms with E-state index in [0.717, 1.165) is 6.54 Å². The lowest BCUT2D eigenvalue weighted by atomic mass is 10.1. The zero-order chi connectivity index (χ0) is 16.5. The molecule has 1 N–H and O–H groups in total. The first-order chi connectivity index (χ1) is 11.8. The van der Waals surface area contributed by atoms with Crippen LogP contribution in [0.2, 0.25) is 0 Å². The van der Waals surface area contributed by atoms with Crippen LogP contribution in [0.5, 0.6) is 0 Å². The Kier molecular flexibility index (Phi) is 3.42. The summed E-state index contributed by atoms with van der Waals surface area (Å²) in [5, 5.41) is 12.5. The van der Waals surface area contributed by atoms with E-state index in [2.05, 4.69) is 27.3 Å². The van der Waals surface area contributed by atoms with Gasteiger partial charge in [-0.25, -0.2) is 4.98 Å². The lowest BCUT2D eigenvalue weighted by Gasteiger charge is -2.31. The molecule has 1 atom stereocenters. The molecule has 0 saturated carbocycles. The first-order valence-electron chi connectivity index (χ1n) is 7.48. The predicted molar refractivity (Wildman–Crippen MR) is 87.1 cm³/mol. The van der Waals surface area contributed by atoms with Gasteiger partial charge in [0.05, 0.1) is 23.4 Å². The second-order valence-electron chi connectivity index (χ2n) is 5.40. The number of hydrogen-bond acceptors (Lipinski definition) is 7. The monoisotopic (exact) mass is 319 g/mol. The summed E-state index contributed by atoms with van der Waals surface area (Å²) < 4.78 is 11.3. The van der Waals surface area contributed by atoms with Crippen molar-refractivity contribution >= 4 is 17.1 Å². The van der Waals surface area contributed by atoms with Crippen molar-refractivity contribution in [2.75, 3.05) is 24.5 Å². The predicted octanol–water partition coefficient (Wildman–Crippen LogP) is 1.77. The maximum atomic E-state index is 9.25. The van der Waals surface area contributed by atoms with E-state index in [1.165, 1.54) is 6.26 Å². The second kappa shape index (κ2) is 5.73. The van der Waals surface area contributed by atoms with Gasteiger partial charge in [-0.2, -0.15) is 10.2 Å². The maximum Gasteiger partial charge on any atom is 0.299 e. The van der Waals surface area contributed by atoms with Crippen molar-refractivity contribution in [2.24, 2.45) is 0 Å². The molecule has 1 aromatic carbocycles. The number of rotatable bonds is 2. The van der Waals surface area contributed by atoms with Gasteiger partial charge in [0.15, 0.2) is 5.58 Å². The van der Waals surface area contributed by atoms with Gasteiger partial charge in [-0.3, -0.25) is 0 Å². The van der Waals surface area contributed by atoms with Gasteiger partial charge in [-0.05, 0) is 12.1 Å². The number of anilines is 1. The fourth-order valence-electron chi connectivity index (χ4n) is 2.81. The molecule has 0 bridgehead atoms. The van der Waals surface area contributed by atoms with Crippen molar-refractivity contribution in [3.05, 3.63) is 30.2 Å². The van der Waals surface area contributed by atoms with Gasteiger partial charge >= 0.3 is 0 Å². The number of nitrogens with one attached hydrogen (secondary N) is 1. The number of aromatic nitrogens is 2. The molecule has 118 valence electrons. The molecule has 3 heterocycles. The molecule has 1 aliphatic rings. The highest BCUT2D eigenvalue weighted by Gasteiger charge is 2.26. The number of hydrogen-bond donors (Lipinski definition) is 1. The van der Waals surface area contributed by atoms with Crippen LogP contribution in [0.15, 0.2) is 33.4 Å². The topological polar surface area (TPSA) is 91.1 Å². The largest absolute Gasteiger partial charge is 0.444 e. The van der Waals surface area contributed by atoms with Gasteiger partial charge in [-0.15, -0.1) is 6.42 Å². The van der Waals surface area contributed by atoms with Crippen LogP contribution in [-0.4, -0.2) is 35.6 Å². The molecule has 2 aromatic heterocycles. The van der Waals surface area contributed by atoms with Gasteiger partial charge in [0.1, 0.15) is 17.8 Å². The average Bonchev–Trinajstić information content (AvgIpc) is 3.30. The summed E-state index contributed by atoms with van der Waals surface area (Å²) >= 11 is 0. The average molecular weight is 319 g/mol. The van der Waals surface area contributed by atoms with Crippen molar-refractivity contribution in [1.29, 1.82) is 5.26 Å². The van der Waals surface area contributed by atoms with E-state index < -0.39 is 0 Å². The Balaban J connectivity index is 1.87. The minimum atomic E-state index is -0.132. The van der Waals surface area contributed by atoms with Crippen molar-refractivity contribution < 1.29 is 8.83 Å². The van der Waals surface area contributed by atoms with Gasteiger partial charge < -0.3 is 19.1 Å². The van der Waals surface area contributed by atoms with E-state index in [1.54, 1.807) is 18.3 Å². The summed E-state index contributed by atoms with van der Waals surface area (Å²) in [6, 6.07) is 5.80. The van der Waals surface area contributed by atoms with Gasteiger partial charge in [-0.1, -0.05) is 5.92 Å². The highest BCUT2D eigenvalue weighted by Crippen LogP contribution is 2.33. The molecule has 4 rings (SSSR count). The molecule has 3 aromatic rings. The zero-order valence-corrected chi connectivity index (χ0v) is 12.7. The Bertz CT molecular complexity index is 961. The van der Waals surface area contributed by atoms with E-state index in [9.17, 15) is 5.26 Å². The SMILES string of the molecule is C#C[C@H]1CNCCN1c1nc2cc(C#N)cc(-c3ncco3)c2o1. The third-order valence-electron chi connectivity index (χ3n) is 3.95. The van der Waals surface area contributed by atoms with Crippen molar-refractivity contribution in [1.82, 2.24) is 15.3 Å². The van der Waals surface area contributed by atoms with Crippen LogP contribution in [0.25, 0.3) is 22.6 Å². The van der Waals surface area contributed by atoms with E-state index >= 15 is 0 Å². The molecule has 1 fully saturated rings. The first kappa shape index (κ1) is 14.3. The number of benzene rings is 1. The normalized spacial score (nSPS) is 17.6. The molecule has 0 unspecified atom stereocenters. The van der Waals surface area contributed by atoms with Crippen LogP contribution in [-0.2, 0) is 0 Å². The number of nitrogens with zero attached hydrogens (tertiary/aromatic N) is 4. The van der Waals surface area contributed by atoms with Crippen molar-refractivity contribution in [3.8, 4) is 29.9 Å². The third-order valence-corrected chi connectivity index (χ3v) is 3.95. The van der Waals surface area contributed by atoms with Crippen molar-refractivity contribution in [3.63, 3.8) is 0 Å². The van der Waals surface area contributed by atoms with Gasteiger partial charge in [0.2, 0.25) is 5.89 Å². The van der Waals surface area contributed by atoms with Crippen LogP contribution >= 0.6 is 0 Å². The van der Waals surface area contributed by atoms with E-state index in [0.29, 0.717) is 47.2 Å². The van der Waals surface area contributed by atoms with E-state index in [1.807, 2.05) is 4.90 Å².